The molecule has 3 nitrogen and oxygen atoms in total. The summed E-state index contributed by atoms with van der Waals surface area (Å²) in [6.45, 7) is 9.02. The van der Waals surface area contributed by atoms with Crippen LogP contribution >= 0.6 is 0 Å². The van der Waals surface area contributed by atoms with E-state index in [4.69, 9.17) is 0 Å². The van der Waals surface area contributed by atoms with Gasteiger partial charge >= 0.3 is 0 Å². The molecule has 0 amide bonds. The van der Waals surface area contributed by atoms with E-state index in [1.54, 1.807) is 26.0 Å². The molecule has 0 saturated carbocycles. The number of hydrogen-bond donors (Lipinski definition) is 1. The zero-order valence-corrected chi connectivity index (χ0v) is 13.3. The number of hydrogen-bond acceptors (Lipinski definition) is 3. The van der Waals surface area contributed by atoms with Gasteiger partial charge in [-0.15, -0.1) is 0 Å². The van der Waals surface area contributed by atoms with E-state index in [2.05, 4.69) is 13.8 Å². The molecule has 0 spiro atoms. The first-order valence-electron chi connectivity index (χ1n) is 7.22. The molecule has 20 heavy (non-hydrogen) atoms. The Hall–Kier alpha value is -1.22. The Morgan fingerprint density at radius 3 is 2.30 bits per heavy atom. The summed E-state index contributed by atoms with van der Waals surface area (Å²) in [4.78, 5) is 21.9. The summed E-state index contributed by atoms with van der Waals surface area (Å²) >= 11 is 0. The van der Waals surface area contributed by atoms with Crippen LogP contribution in [-0.2, 0) is 9.59 Å². The van der Waals surface area contributed by atoms with Crippen LogP contribution in [0.25, 0.3) is 0 Å². The van der Waals surface area contributed by atoms with Crippen molar-refractivity contribution in [2.45, 2.75) is 59.5 Å². The average molecular weight is 280 g/mol. The predicted octanol–water partition coefficient (Wildman–Crippen LogP) is 3.47. The van der Waals surface area contributed by atoms with Crippen molar-refractivity contribution in [2.24, 2.45) is 11.8 Å². The maximum Gasteiger partial charge on any atom is 0.152 e. The molecule has 0 aromatic heterocycles. The number of Topliss-reactive ketones (excluding diaryl/α,β-unsaturated/α-hetero) is 1. The third-order valence-corrected chi connectivity index (χ3v) is 3.27. The molecule has 0 aliphatic heterocycles. The number of ketones is 2. The Bertz CT molecular complexity index is 376. The monoisotopic (exact) mass is 280 g/mol. The second-order valence-corrected chi connectivity index (χ2v) is 6.08. The van der Waals surface area contributed by atoms with Crippen LogP contribution in [0.15, 0.2) is 24.3 Å². The number of carbonyl (C=O) groups is 2. The lowest BCUT2D eigenvalue weighted by Gasteiger charge is -2.21. The van der Waals surface area contributed by atoms with Crippen molar-refractivity contribution in [2.75, 3.05) is 0 Å². The molecule has 2 atom stereocenters. The van der Waals surface area contributed by atoms with Crippen LogP contribution in [0, 0.1) is 11.8 Å². The lowest BCUT2D eigenvalue weighted by atomic mass is 9.88. The van der Waals surface area contributed by atoms with E-state index in [0.717, 1.165) is 6.42 Å². The molecule has 0 aliphatic rings. The van der Waals surface area contributed by atoms with Gasteiger partial charge in [-0.25, -0.2) is 0 Å². The van der Waals surface area contributed by atoms with E-state index in [-0.39, 0.29) is 17.5 Å². The van der Waals surface area contributed by atoms with Gasteiger partial charge < -0.3 is 9.90 Å². The Balaban J connectivity index is 4.58. The summed E-state index contributed by atoms with van der Waals surface area (Å²) in [5.74, 6) is 0.878. The highest BCUT2D eigenvalue weighted by Crippen LogP contribution is 2.22. The van der Waals surface area contributed by atoms with Gasteiger partial charge in [0.2, 0.25) is 0 Å². The highest BCUT2D eigenvalue weighted by atomic mass is 16.3. The van der Waals surface area contributed by atoms with Gasteiger partial charge in [-0.05, 0) is 51.5 Å². The molecular formula is C17H28O3. The second-order valence-electron chi connectivity index (χ2n) is 6.08. The van der Waals surface area contributed by atoms with Crippen LogP contribution in [0.1, 0.15) is 53.9 Å². The lowest BCUT2D eigenvalue weighted by Crippen LogP contribution is -2.20. The van der Waals surface area contributed by atoms with Crippen molar-refractivity contribution in [3.8, 4) is 0 Å². The molecule has 1 N–H and O–H groups in total. The molecule has 0 heterocycles. The summed E-state index contributed by atoms with van der Waals surface area (Å²) in [5.41, 5.74) is -0.963. The summed E-state index contributed by atoms with van der Waals surface area (Å²) in [6, 6.07) is 0. The molecule has 0 aliphatic carbocycles. The number of carbonyl (C=O) groups excluding carboxylic acids is 2. The van der Waals surface area contributed by atoms with Gasteiger partial charge in [-0.1, -0.05) is 32.1 Å². The number of aliphatic hydroxyl groups is 1. The van der Waals surface area contributed by atoms with Crippen molar-refractivity contribution in [3.05, 3.63) is 24.3 Å². The minimum absolute atomic E-state index is 0.0219. The zero-order valence-electron chi connectivity index (χ0n) is 13.3. The fourth-order valence-electron chi connectivity index (χ4n) is 1.88. The maximum atomic E-state index is 11.1. The van der Waals surface area contributed by atoms with Crippen LogP contribution in [0.3, 0.4) is 0 Å². The van der Waals surface area contributed by atoms with Crippen LogP contribution in [0.4, 0.5) is 0 Å². The SMILES string of the molecule is CC(=O)/C=C/C[C@](C)(O)/C=C/[C@H](CCC(C)=O)C(C)C. The van der Waals surface area contributed by atoms with Crippen molar-refractivity contribution in [1.82, 2.24) is 0 Å². The molecule has 0 unspecified atom stereocenters. The number of rotatable bonds is 9. The molecule has 0 fully saturated rings. The minimum atomic E-state index is -0.963. The van der Waals surface area contributed by atoms with Crippen LogP contribution < -0.4 is 0 Å². The van der Waals surface area contributed by atoms with Crippen molar-refractivity contribution in [3.63, 3.8) is 0 Å². The van der Waals surface area contributed by atoms with Gasteiger partial charge in [-0.3, -0.25) is 4.79 Å². The second kappa shape index (κ2) is 8.85. The van der Waals surface area contributed by atoms with Crippen LogP contribution in [0.5, 0.6) is 0 Å². The Kier molecular flexibility index (Phi) is 8.31. The average Bonchev–Trinajstić information content (AvgIpc) is 2.26. The highest BCUT2D eigenvalue weighted by Gasteiger charge is 2.17. The third-order valence-electron chi connectivity index (χ3n) is 3.27. The fraction of sp³-hybridized carbons (Fsp3) is 0.647. The molecule has 0 saturated heterocycles. The van der Waals surface area contributed by atoms with Gasteiger partial charge in [0, 0.05) is 6.42 Å². The minimum Gasteiger partial charge on any atom is -0.386 e. The molecule has 0 bridgehead atoms. The van der Waals surface area contributed by atoms with E-state index in [9.17, 15) is 14.7 Å². The molecule has 0 aromatic carbocycles. The standard InChI is InChI=1S/C17H28O3/c1-13(2)16(9-8-15(4)19)10-12-17(5,20)11-6-7-14(3)18/h6-7,10,12-13,16,20H,8-9,11H2,1-5H3/b7-6+,12-10+/t16-,17-/m0/s1. The van der Waals surface area contributed by atoms with Gasteiger partial charge in [-0.2, -0.15) is 0 Å². The van der Waals surface area contributed by atoms with Crippen molar-refractivity contribution < 1.29 is 14.7 Å². The summed E-state index contributed by atoms with van der Waals surface area (Å²) in [5, 5.41) is 10.2. The molecule has 0 rings (SSSR count). The van der Waals surface area contributed by atoms with Gasteiger partial charge in [0.05, 0.1) is 5.60 Å². The first-order valence-corrected chi connectivity index (χ1v) is 7.22. The smallest absolute Gasteiger partial charge is 0.152 e. The largest absolute Gasteiger partial charge is 0.386 e. The quantitative estimate of drug-likeness (QED) is 0.520. The summed E-state index contributed by atoms with van der Waals surface area (Å²) in [7, 11) is 0. The van der Waals surface area contributed by atoms with Crippen LogP contribution in [-0.4, -0.2) is 22.3 Å². The lowest BCUT2D eigenvalue weighted by molar-refractivity contribution is -0.117. The van der Waals surface area contributed by atoms with E-state index < -0.39 is 5.60 Å². The van der Waals surface area contributed by atoms with Crippen molar-refractivity contribution >= 4 is 11.6 Å². The third kappa shape index (κ3) is 9.68. The Morgan fingerprint density at radius 1 is 1.25 bits per heavy atom. The van der Waals surface area contributed by atoms with E-state index in [1.807, 2.05) is 6.08 Å². The predicted molar refractivity (Wildman–Crippen MR) is 82.4 cm³/mol. The molecule has 0 aromatic rings. The maximum absolute atomic E-state index is 11.1. The molecular weight excluding hydrogens is 252 g/mol. The Morgan fingerprint density at radius 2 is 1.85 bits per heavy atom. The molecule has 0 radical (unpaired) electrons. The fourth-order valence-corrected chi connectivity index (χ4v) is 1.88. The van der Waals surface area contributed by atoms with Crippen molar-refractivity contribution in [1.29, 1.82) is 0 Å². The topological polar surface area (TPSA) is 54.4 Å². The first-order chi connectivity index (χ1) is 9.14. The van der Waals surface area contributed by atoms with Crippen LogP contribution in [0.2, 0.25) is 0 Å². The van der Waals surface area contributed by atoms with Gasteiger partial charge in [0.25, 0.3) is 0 Å². The molecule has 114 valence electrons. The molecule has 3 heteroatoms. The normalized spacial score (nSPS) is 16.8. The summed E-state index contributed by atoms with van der Waals surface area (Å²) in [6.07, 6.45) is 8.71. The summed E-state index contributed by atoms with van der Waals surface area (Å²) < 4.78 is 0. The van der Waals surface area contributed by atoms with E-state index >= 15 is 0 Å². The highest BCUT2D eigenvalue weighted by molar-refractivity contribution is 5.87. The van der Waals surface area contributed by atoms with Gasteiger partial charge in [0.1, 0.15) is 5.78 Å². The van der Waals surface area contributed by atoms with E-state index in [0.29, 0.717) is 18.8 Å². The zero-order chi connectivity index (χ0) is 15.8. The van der Waals surface area contributed by atoms with Gasteiger partial charge in [0.15, 0.2) is 5.78 Å². The van der Waals surface area contributed by atoms with E-state index in [1.165, 1.54) is 13.0 Å². The Labute approximate surface area is 122 Å². The first kappa shape index (κ1) is 18.8. The number of allylic oxidation sites excluding steroid dienone is 2.